The molecule has 0 aliphatic rings. The maximum Gasteiger partial charge on any atom is 0.427 e. The number of rotatable bonds is 3. The second-order valence-corrected chi connectivity index (χ2v) is 3.67. The summed E-state index contributed by atoms with van der Waals surface area (Å²) in [6.07, 6.45) is 0.533. The van der Waals surface area contributed by atoms with Gasteiger partial charge in [0.25, 0.3) is 0 Å². The van der Waals surface area contributed by atoms with Crippen LogP contribution in [0.1, 0.15) is 12.5 Å². The van der Waals surface area contributed by atoms with Crippen LogP contribution in [-0.2, 0) is 4.74 Å². The fraction of sp³-hybridized carbons (Fsp3) is 0.200. The average molecular weight is 289 g/mol. The van der Waals surface area contributed by atoms with Crippen LogP contribution >= 0.6 is 15.9 Å². The van der Waals surface area contributed by atoms with Gasteiger partial charge in [0.05, 0.1) is 12.8 Å². The molecule has 0 aliphatic carbocycles. The fourth-order valence-electron chi connectivity index (χ4n) is 0.931. The highest BCUT2D eigenvalue weighted by molar-refractivity contribution is 9.10. The highest BCUT2D eigenvalue weighted by Crippen LogP contribution is 2.13. The first-order valence-electron chi connectivity index (χ1n) is 4.54. The number of ether oxygens (including phenoxy) is 1. The Balaban J connectivity index is 2.62. The monoisotopic (exact) mass is 288 g/mol. The van der Waals surface area contributed by atoms with Crippen LogP contribution in [0.2, 0.25) is 0 Å². The topological polar surface area (TPSA) is 50.7 Å². The summed E-state index contributed by atoms with van der Waals surface area (Å²) in [6, 6.07) is 4.42. The van der Waals surface area contributed by atoms with E-state index in [4.69, 9.17) is 0 Å². The Labute approximate surface area is 101 Å². The summed E-state index contributed by atoms with van der Waals surface area (Å²) in [5.41, 5.74) is 2.37. The van der Waals surface area contributed by atoms with Gasteiger partial charge in [-0.3, -0.25) is 0 Å². The molecule has 6 heteroatoms. The van der Waals surface area contributed by atoms with Crippen molar-refractivity contribution in [3.8, 4) is 0 Å². The van der Waals surface area contributed by atoms with Crippen molar-refractivity contribution in [2.45, 2.75) is 6.92 Å². The van der Waals surface area contributed by atoms with E-state index in [2.05, 4.69) is 31.2 Å². The van der Waals surface area contributed by atoms with Gasteiger partial charge in [0.1, 0.15) is 5.82 Å². The summed E-state index contributed by atoms with van der Waals surface area (Å²) in [5.74, 6) is -0.419. The Bertz CT molecular complexity index is 410. The van der Waals surface area contributed by atoms with E-state index in [1.807, 2.05) is 0 Å². The molecule has 0 aromatic heterocycles. The zero-order valence-corrected chi connectivity index (χ0v) is 10.1. The summed E-state index contributed by atoms with van der Waals surface area (Å²) in [4.78, 5) is 10.8. The number of halogens is 2. The van der Waals surface area contributed by atoms with Gasteiger partial charge >= 0.3 is 6.09 Å². The molecule has 1 aromatic rings. The molecule has 0 atom stereocenters. The SMILES string of the molecule is CCOC(=O)N/N=C\c1cc(Br)ccc1F. The third-order valence-electron chi connectivity index (χ3n) is 1.59. The smallest absolute Gasteiger partial charge is 0.427 e. The fourth-order valence-corrected chi connectivity index (χ4v) is 1.31. The molecule has 1 rings (SSSR count). The van der Waals surface area contributed by atoms with Gasteiger partial charge in [-0.2, -0.15) is 5.10 Å². The van der Waals surface area contributed by atoms with Crippen LogP contribution in [-0.4, -0.2) is 18.9 Å². The Morgan fingerprint density at radius 1 is 1.69 bits per heavy atom. The summed E-state index contributed by atoms with van der Waals surface area (Å²) in [6.45, 7) is 1.93. The molecular formula is C10H10BrFN2O2. The molecule has 1 aromatic carbocycles. The first kappa shape index (κ1) is 12.6. The first-order chi connectivity index (χ1) is 7.63. The molecule has 0 bridgehead atoms. The van der Waals surface area contributed by atoms with E-state index in [0.717, 1.165) is 4.47 Å². The Morgan fingerprint density at radius 3 is 3.12 bits per heavy atom. The van der Waals surface area contributed by atoms with Crippen LogP contribution in [0, 0.1) is 5.82 Å². The van der Waals surface area contributed by atoms with Crippen molar-refractivity contribution in [3.05, 3.63) is 34.1 Å². The van der Waals surface area contributed by atoms with Crippen LogP contribution in [0.5, 0.6) is 0 Å². The van der Waals surface area contributed by atoms with Crippen molar-refractivity contribution in [3.63, 3.8) is 0 Å². The van der Waals surface area contributed by atoms with Gasteiger partial charge in [-0.1, -0.05) is 15.9 Å². The van der Waals surface area contributed by atoms with Crippen molar-refractivity contribution in [1.82, 2.24) is 5.43 Å². The average Bonchev–Trinajstić information content (AvgIpc) is 2.23. The number of carbonyl (C=O) groups excluding carboxylic acids is 1. The zero-order valence-electron chi connectivity index (χ0n) is 8.54. The number of carbonyl (C=O) groups is 1. The van der Waals surface area contributed by atoms with Gasteiger partial charge in [0, 0.05) is 10.0 Å². The summed E-state index contributed by atoms with van der Waals surface area (Å²) >= 11 is 3.20. The number of hydrogen-bond acceptors (Lipinski definition) is 3. The lowest BCUT2D eigenvalue weighted by Crippen LogP contribution is -2.18. The zero-order chi connectivity index (χ0) is 12.0. The molecule has 16 heavy (non-hydrogen) atoms. The third kappa shape index (κ3) is 3.98. The van der Waals surface area contributed by atoms with Crippen molar-refractivity contribution < 1.29 is 13.9 Å². The van der Waals surface area contributed by atoms with E-state index >= 15 is 0 Å². The molecule has 0 spiro atoms. The van der Waals surface area contributed by atoms with Crippen molar-refractivity contribution in [1.29, 1.82) is 0 Å². The van der Waals surface area contributed by atoms with E-state index < -0.39 is 11.9 Å². The van der Waals surface area contributed by atoms with Gasteiger partial charge in [-0.25, -0.2) is 14.6 Å². The molecule has 4 nitrogen and oxygen atoms in total. The van der Waals surface area contributed by atoms with Gasteiger partial charge in [-0.15, -0.1) is 0 Å². The predicted molar refractivity (Wildman–Crippen MR) is 61.9 cm³/mol. The minimum absolute atomic E-state index is 0.257. The lowest BCUT2D eigenvalue weighted by Gasteiger charge is -1.99. The van der Waals surface area contributed by atoms with E-state index in [1.165, 1.54) is 12.3 Å². The van der Waals surface area contributed by atoms with Gasteiger partial charge in [-0.05, 0) is 25.1 Å². The quantitative estimate of drug-likeness (QED) is 0.687. The van der Waals surface area contributed by atoms with Crippen molar-refractivity contribution >= 4 is 28.2 Å². The normalized spacial score (nSPS) is 10.4. The lowest BCUT2D eigenvalue weighted by molar-refractivity contribution is 0.152. The second-order valence-electron chi connectivity index (χ2n) is 2.76. The second kappa shape index (κ2) is 6.22. The highest BCUT2D eigenvalue weighted by Gasteiger charge is 2.00. The summed E-state index contributed by atoms with van der Waals surface area (Å²) < 4.78 is 18.5. The van der Waals surface area contributed by atoms with Crippen molar-refractivity contribution in [2.24, 2.45) is 5.10 Å². The number of hydrazone groups is 1. The minimum Gasteiger partial charge on any atom is -0.449 e. The van der Waals surface area contributed by atoms with Gasteiger partial charge in [0.15, 0.2) is 0 Å². The molecule has 0 aliphatic heterocycles. The largest absolute Gasteiger partial charge is 0.449 e. The number of nitrogens with zero attached hydrogens (tertiary/aromatic N) is 1. The number of benzene rings is 1. The Kier molecular flexibility index (Phi) is 4.91. The molecule has 0 saturated heterocycles. The molecular weight excluding hydrogens is 279 g/mol. The number of hydrogen-bond donors (Lipinski definition) is 1. The van der Waals surface area contributed by atoms with E-state index in [1.54, 1.807) is 19.1 Å². The van der Waals surface area contributed by atoms with Crippen LogP contribution in [0.3, 0.4) is 0 Å². The molecule has 1 N–H and O–H groups in total. The predicted octanol–water partition coefficient (Wildman–Crippen LogP) is 2.67. The summed E-state index contributed by atoms with van der Waals surface area (Å²) in [5, 5.41) is 3.55. The molecule has 0 radical (unpaired) electrons. The van der Waals surface area contributed by atoms with Gasteiger partial charge in [0.2, 0.25) is 0 Å². The maximum atomic E-state index is 13.2. The maximum absolute atomic E-state index is 13.2. The van der Waals surface area contributed by atoms with Crippen LogP contribution in [0.25, 0.3) is 0 Å². The van der Waals surface area contributed by atoms with Gasteiger partial charge < -0.3 is 4.74 Å². The molecule has 0 heterocycles. The molecule has 86 valence electrons. The van der Waals surface area contributed by atoms with Crippen LogP contribution in [0.15, 0.2) is 27.8 Å². The van der Waals surface area contributed by atoms with Crippen molar-refractivity contribution in [2.75, 3.05) is 6.61 Å². The Morgan fingerprint density at radius 2 is 2.44 bits per heavy atom. The molecule has 0 saturated carbocycles. The van der Waals surface area contributed by atoms with E-state index in [0.29, 0.717) is 0 Å². The summed E-state index contributed by atoms with van der Waals surface area (Å²) in [7, 11) is 0. The standard InChI is InChI=1S/C10H10BrFN2O2/c1-2-16-10(15)14-13-6-7-5-8(11)3-4-9(7)12/h3-6H,2H2,1H3,(H,14,15)/b13-6-. The van der Waals surface area contributed by atoms with E-state index in [-0.39, 0.29) is 12.2 Å². The lowest BCUT2D eigenvalue weighted by atomic mass is 10.2. The van der Waals surface area contributed by atoms with Crippen LogP contribution < -0.4 is 5.43 Å². The van der Waals surface area contributed by atoms with Crippen LogP contribution in [0.4, 0.5) is 9.18 Å². The number of amides is 1. The molecule has 1 amide bonds. The highest BCUT2D eigenvalue weighted by atomic mass is 79.9. The first-order valence-corrected chi connectivity index (χ1v) is 5.33. The molecule has 0 fully saturated rings. The van der Waals surface area contributed by atoms with E-state index in [9.17, 15) is 9.18 Å². The minimum atomic E-state index is -0.672. The number of nitrogens with one attached hydrogen (secondary N) is 1. The molecule has 0 unspecified atom stereocenters. The third-order valence-corrected chi connectivity index (χ3v) is 2.09. The Hall–Kier alpha value is -1.43.